The molecule has 0 saturated carbocycles. The summed E-state index contributed by atoms with van der Waals surface area (Å²) in [5.41, 5.74) is 2.50. The van der Waals surface area contributed by atoms with Gasteiger partial charge in [0.15, 0.2) is 0 Å². The first-order valence-electron chi connectivity index (χ1n) is 4.77. The van der Waals surface area contributed by atoms with Crippen LogP contribution >= 0.6 is 27.5 Å². The van der Waals surface area contributed by atoms with Crippen molar-refractivity contribution in [3.63, 3.8) is 0 Å². The quantitative estimate of drug-likeness (QED) is 0.874. The second kappa shape index (κ2) is 4.86. The van der Waals surface area contributed by atoms with Crippen LogP contribution in [0.15, 0.2) is 46.6 Å². The highest BCUT2D eigenvalue weighted by Gasteiger charge is 2.03. The van der Waals surface area contributed by atoms with E-state index in [9.17, 15) is 0 Å². The summed E-state index contributed by atoms with van der Waals surface area (Å²) in [6, 6.07) is 7.95. The molecule has 0 bridgehead atoms. The molecular formula is C12H11BrClN. The van der Waals surface area contributed by atoms with Gasteiger partial charge >= 0.3 is 0 Å². The summed E-state index contributed by atoms with van der Waals surface area (Å²) in [6.45, 7) is 0.874. The van der Waals surface area contributed by atoms with Gasteiger partial charge in [-0.25, -0.2) is 0 Å². The summed E-state index contributed by atoms with van der Waals surface area (Å²) in [7, 11) is 0. The first kappa shape index (κ1) is 10.8. The van der Waals surface area contributed by atoms with Crippen LogP contribution in [0.4, 0.5) is 0 Å². The van der Waals surface area contributed by atoms with Crippen molar-refractivity contribution in [1.29, 1.82) is 0 Å². The van der Waals surface area contributed by atoms with Crippen LogP contribution in [-0.2, 0) is 6.42 Å². The van der Waals surface area contributed by atoms with E-state index in [0.29, 0.717) is 0 Å². The zero-order chi connectivity index (χ0) is 10.7. The Hall–Kier alpha value is -0.730. The van der Waals surface area contributed by atoms with Crippen molar-refractivity contribution in [3.8, 4) is 0 Å². The Morgan fingerprint density at radius 2 is 1.93 bits per heavy atom. The van der Waals surface area contributed by atoms with Gasteiger partial charge in [0.05, 0.1) is 0 Å². The first-order chi connectivity index (χ1) is 7.24. The van der Waals surface area contributed by atoms with Gasteiger partial charge in [0.2, 0.25) is 0 Å². The summed E-state index contributed by atoms with van der Waals surface area (Å²) in [5.74, 6) is 0. The highest BCUT2D eigenvalue weighted by atomic mass is 79.9. The lowest BCUT2D eigenvalue weighted by Crippen LogP contribution is -2.19. The molecule has 0 radical (unpaired) electrons. The Bertz CT molecular complexity index is 406. The molecular weight excluding hydrogens is 273 g/mol. The molecule has 1 aliphatic rings. The fraction of sp³-hybridized carbons (Fsp3) is 0.167. The minimum absolute atomic E-state index is 0.784. The molecule has 1 aliphatic heterocycles. The van der Waals surface area contributed by atoms with E-state index in [1.807, 2.05) is 12.1 Å². The lowest BCUT2D eigenvalue weighted by atomic mass is 10.1. The number of nitrogens with one attached hydrogen (secondary N) is 1. The number of hydrogen-bond acceptors (Lipinski definition) is 1. The minimum atomic E-state index is 0.784. The first-order valence-corrected chi connectivity index (χ1v) is 5.95. The van der Waals surface area contributed by atoms with Gasteiger partial charge in [-0.3, -0.25) is 0 Å². The van der Waals surface area contributed by atoms with Gasteiger partial charge < -0.3 is 5.32 Å². The van der Waals surface area contributed by atoms with E-state index in [2.05, 4.69) is 45.5 Å². The van der Waals surface area contributed by atoms with Gasteiger partial charge in [-0.1, -0.05) is 39.7 Å². The Balaban J connectivity index is 2.06. The molecule has 0 aromatic heterocycles. The van der Waals surface area contributed by atoms with Crippen molar-refractivity contribution in [2.75, 3.05) is 6.54 Å². The van der Waals surface area contributed by atoms with Crippen LogP contribution in [0, 0.1) is 0 Å². The van der Waals surface area contributed by atoms with Gasteiger partial charge in [0, 0.05) is 28.2 Å². The maximum absolute atomic E-state index is 5.83. The van der Waals surface area contributed by atoms with Gasteiger partial charge in [0.25, 0.3) is 0 Å². The highest BCUT2D eigenvalue weighted by molar-refractivity contribution is 9.11. The predicted molar refractivity (Wildman–Crippen MR) is 68.3 cm³/mol. The average molecular weight is 285 g/mol. The van der Waals surface area contributed by atoms with E-state index in [1.54, 1.807) is 0 Å². The molecule has 0 saturated heterocycles. The van der Waals surface area contributed by atoms with E-state index in [0.717, 1.165) is 18.0 Å². The zero-order valence-electron chi connectivity index (χ0n) is 8.13. The molecule has 0 aliphatic carbocycles. The molecule has 1 heterocycles. The van der Waals surface area contributed by atoms with Crippen LogP contribution < -0.4 is 5.32 Å². The topological polar surface area (TPSA) is 12.0 Å². The standard InChI is InChI=1S/C12H11BrClN/c13-10-3-6-12(15-8-10)7-9-1-4-11(14)5-2-9/h1-6,15H,7-8H2. The molecule has 0 unspecified atom stereocenters. The molecule has 2 rings (SSSR count). The van der Waals surface area contributed by atoms with E-state index in [1.165, 1.54) is 15.7 Å². The minimum Gasteiger partial charge on any atom is -0.383 e. The van der Waals surface area contributed by atoms with E-state index in [4.69, 9.17) is 11.6 Å². The molecule has 1 nitrogen and oxygen atoms in total. The largest absolute Gasteiger partial charge is 0.383 e. The van der Waals surface area contributed by atoms with Crippen LogP contribution in [0.1, 0.15) is 5.56 Å². The van der Waals surface area contributed by atoms with Gasteiger partial charge in [-0.15, -0.1) is 0 Å². The summed E-state index contributed by atoms with van der Waals surface area (Å²) >= 11 is 9.27. The number of allylic oxidation sites excluding steroid dienone is 3. The molecule has 0 atom stereocenters. The van der Waals surface area contributed by atoms with Crippen molar-refractivity contribution >= 4 is 27.5 Å². The maximum Gasteiger partial charge on any atom is 0.0463 e. The SMILES string of the molecule is Clc1ccc(CC2=CC=C(Br)CN2)cc1. The lowest BCUT2D eigenvalue weighted by Gasteiger charge is -2.14. The summed E-state index contributed by atoms with van der Waals surface area (Å²) in [6.07, 6.45) is 5.11. The summed E-state index contributed by atoms with van der Waals surface area (Å²) in [5, 5.41) is 4.13. The number of halogens is 2. The second-order valence-electron chi connectivity index (χ2n) is 3.46. The third kappa shape index (κ3) is 3.11. The van der Waals surface area contributed by atoms with E-state index < -0.39 is 0 Å². The Labute approximate surface area is 103 Å². The molecule has 1 N–H and O–H groups in total. The van der Waals surface area contributed by atoms with Crippen LogP contribution in [0.25, 0.3) is 0 Å². The Morgan fingerprint density at radius 3 is 2.53 bits per heavy atom. The summed E-state index contributed by atoms with van der Waals surface area (Å²) in [4.78, 5) is 0. The van der Waals surface area contributed by atoms with Crippen LogP contribution in [0.5, 0.6) is 0 Å². The van der Waals surface area contributed by atoms with Gasteiger partial charge in [-0.2, -0.15) is 0 Å². The zero-order valence-corrected chi connectivity index (χ0v) is 10.5. The fourth-order valence-electron chi connectivity index (χ4n) is 1.45. The highest BCUT2D eigenvalue weighted by Crippen LogP contribution is 2.15. The molecule has 0 spiro atoms. The molecule has 3 heteroatoms. The van der Waals surface area contributed by atoms with Crippen LogP contribution in [0.3, 0.4) is 0 Å². The van der Waals surface area contributed by atoms with E-state index >= 15 is 0 Å². The lowest BCUT2D eigenvalue weighted by molar-refractivity contribution is 0.841. The van der Waals surface area contributed by atoms with Gasteiger partial charge in [-0.05, 0) is 29.8 Å². The van der Waals surface area contributed by atoms with Crippen LogP contribution in [0.2, 0.25) is 5.02 Å². The number of hydrogen-bond donors (Lipinski definition) is 1. The molecule has 78 valence electrons. The fourth-order valence-corrected chi connectivity index (χ4v) is 1.85. The van der Waals surface area contributed by atoms with Crippen molar-refractivity contribution in [1.82, 2.24) is 5.32 Å². The van der Waals surface area contributed by atoms with Crippen molar-refractivity contribution < 1.29 is 0 Å². The third-order valence-corrected chi connectivity index (χ3v) is 3.05. The number of benzene rings is 1. The Morgan fingerprint density at radius 1 is 1.20 bits per heavy atom. The van der Waals surface area contributed by atoms with Crippen molar-refractivity contribution in [2.24, 2.45) is 0 Å². The van der Waals surface area contributed by atoms with Gasteiger partial charge in [0.1, 0.15) is 0 Å². The predicted octanol–water partition coefficient (Wildman–Crippen LogP) is 3.65. The molecule has 0 fully saturated rings. The molecule has 1 aromatic rings. The smallest absolute Gasteiger partial charge is 0.0463 e. The number of dihydropyridines is 1. The molecule has 15 heavy (non-hydrogen) atoms. The summed E-state index contributed by atoms with van der Waals surface area (Å²) < 4.78 is 1.18. The van der Waals surface area contributed by atoms with E-state index in [-0.39, 0.29) is 0 Å². The second-order valence-corrected chi connectivity index (χ2v) is 4.92. The molecule has 1 aromatic carbocycles. The monoisotopic (exact) mass is 283 g/mol. The molecule has 0 amide bonds. The third-order valence-electron chi connectivity index (χ3n) is 2.26. The van der Waals surface area contributed by atoms with Crippen molar-refractivity contribution in [2.45, 2.75) is 6.42 Å². The normalized spacial score (nSPS) is 15.3. The van der Waals surface area contributed by atoms with Crippen molar-refractivity contribution in [3.05, 3.63) is 57.2 Å². The Kier molecular flexibility index (Phi) is 3.49. The average Bonchev–Trinajstić information content (AvgIpc) is 2.25. The maximum atomic E-state index is 5.83. The van der Waals surface area contributed by atoms with Crippen LogP contribution in [-0.4, -0.2) is 6.54 Å². The number of rotatable bonds is 2.